The van der Waals surface area contributed by atoms with Crippen molar-refractivity contribution in [3.63, 3.8) is 0 Å². The van der Waals surface area contributed by atoms with E-state index in [1.54, 1.807) is 13.0 Å². The van der Waals surface area contributed by atoms with Gasteiger partial charge >= 0.3 is 0 Å². The van der Waals surface area contributed by atoms with Gasteiger partial charge in [0.15, 0.2) is 0 Å². The van der Waals surface area contributed by atoms with Gasteiger partial charge in [-0.15, -0.1) is 11.3 Å². The van der Waals surface area contributed by atoms with Crippen LogP contribution in [0.25, 0.3) is 10.7 Å². The van der Waals surface area contributed by atoms with Crippen molar-refractivity contribution in [2.24, 2.45) is 0 Å². The van der Waals surface area contributed by atoms with Crippen LogP contribution in [0.3, 0.4) is 0 Å². The number of aromatic nitrogens is 2. The van der Waals surface area contributed by atoms with E-state index in [0.29, 0.717) is 17.9 Å². The Labute approximate surface area is 180 Å². The van der Waals surface area contributed by atoms with Crippen LogP contribution >= 0.6 is 11.3 Å². The van der Waals surface area contributed by atoms with Gasteiger partial charge in [0.2, 0.25) is 27.6 Å². The molecule has 30 heavy (non-hydrogen) atoms. The monoisotopic (exact) mass is 448 g/mol. The van der Waals surface area contributed by atoms with Crippen LogP contribution in [-0.2, 0) is 21.4 Å². The maximum absolute atomic E-state index is 12.9. The van der Waals surface area contributed by atoms with Crippen molar-refractivity contribution in [2.75, 3.05) is 10.6 Å². The van der Waals surface area contributed by atoms with Crippen LogP contribution < -0.4 is 9.62 Å². The van der Waals surface area contributed by atoms with Gasteiger partial charge in [0.1, 0.15) is 6.04 Å². The fourth-order valence-electron chi connectivity index (χ4n) is 3.11. The molecule has 0 radical (unpaired) electrons. The number of carbonyl (C=O) groups excluding carboxylic acids is 1. The summed E-state index contributed by atoms with van der Waals surface area (Å²) in [6, 6.07) is 8.38. The predicted octanol–water partition coefficient (Wildman–Crippen LogP) is 3.28. The Balaban J connectivity index is 1.80. The van der Waals surface area contributed by atoms with Crippen LogP contribution in [0.2, 0.25) is 0 Å². The zero-order valence-corrected chi connectivity index (χ0v) is 18.9. The first-order chi connectivity index (χ1) is 14.2. The fraction of sp³-hybridized carbons (Fsp3) is 0.350. The maximum atomic E-state index is 12.9. The van der Waals surface area contributed by atoms with Crippen molar-refractivity contribution >= 4 is 33.0 Å². The Morgan fingerprint density at radius 1 is 1.30 bits per heavy atom. The Morgan fingerprint density at radius 2 is 2.07 bits per heavy atom. The average molecular weight is 449 g/mol. The van der Waals surface area contributed by atoms with Gasteiger partial charge in [0, 0.05) is 0 Å². The summed E-state index contributed by atoms with van der Waals surface area (Å²) < 4.78 is 31.6. The van der Waals surface area contributed by atoms with Gasteiger partial charge in [0.25, 0.3) is 0 Å². The highest BCUT2D eigenvalue weighted by Gasteiger charge is 2.32. The number of carbonyl (C=O) groups is 1. The number of nitrogens with zero attached hydrogens (tertiary/aromatic N) is 3. The third kappa shape index (κ3) is 4.88. The number of aryl methyl sites for hydroxylation is 2. The lowest BCUT2D eigenvalue weighted by Gasteiger charge is -2.31. The number of amides is 1. The molecule has 3 rings (SSSR count). The van der Waals surface area contributed by atoms with Crippen LogP contribution in [-0.4, -0.2) is 36.8 Å². The molecular formula is C20H24N4O4S2. The number of rotatable bonds is 8. The van der Waals surface area contributed by atoms with Crippen molar-refractivity contribution in [1.82, 2.24) is 15.5 Å². The Kier molecular flexibility index (Phi) is 6.57. The summed E-state index contributed by atoms with van der Waals surface area (Å²) in [5.74, 6) is 0.272. The van der Waals surface area contributed by atoms with E-state index in [1.165, 1.54) is 15.6 Å². The first-order valence-corrected chi connectivity index (χ1v) is 12.1. The molecule has 1 aromatic carbocycles. The lowest BCUT2D eigenvalue weighted by atomic mass is 10.1. The highest BCUT2D eigenvalue weighted by atomic mass is 32.2. The first kappa shape index (κ1) is 22.0. The van der Waals surface area contributed by atoms with Gasteiger partial charge in [-0.2, -0.15) is 4.98 Å². The number of thiophene rings is 1. The third-order valence-corrected chi connectivity index (χ3v) is 6.59. The molecule has 10 heteroatoms. The topological polar surface area (TPSA) is 105 Å². The van der Waals surface area contributed by atoms with Crippen LogP contribution in [0.4, 0.5) is 5.69 Å². The number of hydrogen-bond donors (Lipinski definition) is 1. The number of benzene rings is 1. The Morgan fingerprint density at radius 3 is 2.70 bits per heavy atom. The van der Waals surface area contributed by atoms with Gasteiger partial charge in [-0.3, -0.25) is 9.10 Å². The standard InChI is InChI=1S/C20H24N4O4S2/c1-5-15(24(30(4,26)27)16-11-13(2)8-9-14(16)3)20(25)21-12-18-22-19(23-28-18)17-7-6-10-29-17/h6-11,15H,5,12H2,1-4H3,(H,21,25). The molecule has 0 bridgehead atoms. The molecule has 1 atom stereocenters. The molecule has 0 spiro atoms. The van der Waals surface area contributed by atoms with E-state index in [9.17, 15) is 13.2 Å². The minimum atomic E-state index is -3.70. The SMILES string of the molecule is CCC(C(=O)NCc1nc(-c2cccs2)no1)N(c1cc(C)ccc1C)S(C)(=O)=O. The zero-order valence-electron chi connectivity index (χ0n) is 17.2. The molecule has 2 aromatic heterocycles. The molecule has 1 unspecified atom stereocenters. The van der Waals surface area contributed by atoms with Crippen LogP contribution in [0.5, 0.6) is 0 Å². The van der Waals surface area contributed by atoms with E-state index in [4.69, 9.17) is 4.52 Å². The van der Waals surface area contributed by atoms with E-state index in [-0.39, 0.29) is 12.4 Å². The number of hydrogen-bond acceptors (Lipinski definition) is 7. The highest BCUT2D eigenvalue weighted by Crippen LogP contribution is 2.27. The molecule has 0 saturated heterocycles. The second-order valence-corrected chi connectivity index (χ2v) is 9.79. The van der Waals surface area contributed by atoms with E-state index >= 15 is 0 Å². The van der Waals surface area contributed by atoms with Gasteiger partial charge in [-0.05, 0) is 48.9 Å². The number of anilines is 1. The van der Waals surface area contributed by atoms with Crippen molar-refractivity contribution < 1.29 is 17.7 Å². The number of nitrogens with one attached hydrogen (secondary N) is 1. The Hall–Kier alpha value is -2.72. The van der Waals surface area contributed by atoms with Gasteiger partial charge < -0.3 is 9.84 Å². The van der Waals surface area contributed by atoms with Crippen molar-refractivity contribution in [2.45, 2.75) is 39.8 Å². The highest BCUT2D eigenvalue weighted by molar-refractivity contribution is 7.92. The molecule has 1 N–H and O–H groups in total. The molecule has 0 fully saturated rings. The summed E-state index contributed by atoms with van der Waals surface area (Å²) in [6.07, 6.45) is 1.41. The van der Waals surface area contributed by atoms with Crippen molar-refractivity contribution in [1.29, 1.82) is 0 Å². The molecule has 0 aliphatic carbocycles. The normalized spacial score (nSPS) is 12.5. The second-order valence-electron chi connectivity index (χ2n) is 6.98. The predicted molar refractivity (Wildman–Crippen MR) is 117 cm³/mol. The van der Waals surface area contributed by atoms with Gasteiger partial charge in [0.05, 0.1) is 23.4 Å². The summed E-state index contributed by atoms with van der Waals surface area (Å²) in [7, 11) is -3.70. The summed E-state index contributed by atoms with van der Waals surface area (Å²) in [5, 5.41) is 8.55. The van der Waals surface area contributed by atoms with E-state index < -0.39 is 22.0 Å². The molecule has 3 aromatic rings. The summed E-state index contributed by atoms with van der Waals surface area (Å²) in [4.78, 5) is 18.1. The maximum Gasteiger partial charge on any atom is 0.246 e. The quantitative estimate of drug-likeness (QED) is 0.567. The Bertz CT molecular complexity index is 1120. The van der Waals surface area contributed by atoms with Crippen LogP contribution in [0, 0.1) is 13.8 Å². The summed E-state index contributed by atoms with van der Waals surface area (Å²) in [6.45, 7) is 5.49. The fourth-order valence-corrected chi connectivity index (χ4v) is 5.02. The molecule has 0 aliphatic heterocycles. The largest absolute Gasteiger partial charge is 0.345 e. The van der Waals surface area contributed by atoms with Crippen LogP contribution in [0.1, 0.15) is 30.4 Å². The molecule has 160 valence electrons. The molecule has 0 aliphatic rings. The van der Waals surface area contributed by atoms with Gasteiger partial charge in [-0.1, -0.05) is 30.3 Å². The lowest BCUT2D eigenvalue weighted by Crippen LogP contribution is -2.49. The first-order valence-electron chi connectivity index (χ1n) is 9.41. The molecule has 0 saturated carbocycles. The minimum absolute atomic E-state index is 0.0120. The van der Waals surface area contributed by atoms with Crippen molar-refractivity contribution in [3.05, 3.63) is 52.7 Å². The van der Waals surface area contributed by atoms with E-state index in [1.807, 2.05) is 43.5 Å². The zero-order chi connectivity index (χ0) is 21.9. The van der Waals surface area contributed by atoms with E-state index in [0.717, 1.165) is 22.3 Å². The average Bonchev–Trinajstić information content (AvgIpc) is 3.37. The molecule has 8 nitrogen and oxygen atoms in total. The van der Waals surface area contributed by atoms with Crippen molar-refractivity contribution in [3.8, 4) is 10.7 Å². The number of sulfonamides is 1. The molecule has 2 heterocycles. The smallest absolute Gasteiger partial charge is 0.246 e. The van der Waals surface area contributed by atoms with E-state index in [2.05, 4.69) is 15.5 Å². The summed E-state index contributed by atoms with van der Waals surface area (Å²) in [5.41, 5.74) is 2.18. The molecular weight excluding hydrogens is 424 g/mol. The van der Waals surface area contributed by atoms with Crippen LogP contribution in [0.15, 0.2) is 40.2 Å². The summed E-state index contributed by atoms with van der Waals surface area (Å²) >= 11 is 1.48. The lowest BCUT2D eigenvalue weighted by molar-refractivity contribution is -0.122. The van der Waals surface area contributed by atoms with Gasteiger partial charge in [-0.25, -0.2) is 8.42 Å². The molecule has 1 amide bonds. The second kappa shape index (κ2) is 8.97. The third-order valence-electron chi connectivity index (χ3n) is 4.56. The minimum Gasteiger partial charge on any atom is -0.345 e.